The molecule has 154 valence electrons. The Bertz CT molecular complexity index is 899. The molecule has 0 saturated carbocycles. The largest absolute Gasteiger partial charge is 0.456 e. The highest BCUT2D eigenvalue weighted by molar-refractivity contribution is 7.09. The van der Waals surface area contributed by atoms with E-state index in [1.165, 1.54) is 35.6 Å². The number of benzene rings is 1. The Morgan fingerprint density at radius 2 is 1.97 bits per heavy atom. The van der Waals surface area contributed by atoms with E-state index in [1.54, 1.807) is 0 Å². The second-order valence-corrected chi connectivity index (χ2v) is 7.36. The van der Waals surface area contributed by atoms with Crippen molar-refractivity contribution in [2.24, 2.45) is 0 Å². The number of nitrogens with zero attached hydrogens (tertiary/aromatic N) is 1. The number of hydrogen-bond acceptors (Lipinski definition) is 5. The second kappa shape index (κ2) is 8.64. The van der Waals surface area contributed by atoms with Gasteiger partial charge in [-0.15, -0.1) is 11.3 Å². The maximum absolute atomic E-state index is 13.6. The molecule has 6 nitrogen and oxygen atoms in total. The molecule has 0 radical (unpaired) electrons. The third kappa shape index (κ3) is 5.14. The van der Waals surface area contributed by atoms with Crippen molar-refractivity contribution in [2.45, 2.75) is 31.5 Å². The van der Waals surface area contributed by atoms with Crippen LogP contribution in [0.2, 0.25) is 0 Å². The van der Waals surface area contributed by atoms with Gasteiger partial charge >= 0.3 is 12.1 Å². The lowest BCUT2D eigenvalue weighted by molar-refractivity contribution is -0.160. The number of hydrogen-bond donors (Lipinski definition) is 1. The number of aryl methyl sites for hydroxylation is 1. The van der Waals surface area contributed by atoms with Crippen molar-refractivity contribution in [3.63, 3.8) is 0 Å². The smallest absolute Gasteiger partial charge is 0.409 e. The average molecular weight is 426 g/mol. The number of esters is 1. The summed E-state index contributed by atoms with van der Waals surface area (Å²) in [4.78, 5) is 37.9. The summed E-state index contributed by atoms with van der Waals surface area (Å²) in [6.07, 6.45) is -5.36. The minimum Gasteiger partial charge on any atom is -0.456 e. The number of para-hydroxylation sites is 2. The van der Waals surface area contributed by atoms with Crippen molar-refractivity contribution in [3.05, 3.63) is 46.7 Å². The second-order valence-electron chi connectivity index (χ2n) is 6.33. The van der Waals surface area contributed by atoms with Crippen LogP contribution in [0, 0.1) is 0 Å². The van der Waals surface area contributed by atoms with E-state index in [4.69, 9.17) is 4.74 Å². The molecule has 1 atom stereocenters. The van der Waals surface area contributed by atoms with Gasteiger partial charge in [0.25, 0.3) is 5.91 Å². The summed E-state index contributed by atoms with van der Waals surface area (Å²) >= 11 is 1.46. The van der Waals surface area contributed by atoms with Gasteiger partial charge in [-0.3, -0.25) is 19.3 Å². The van der Waals surface area contributed by atoms with E-state index in [0.717, 1.165) is 4.88 Å². The van der Waals surface area contributed by atoms with Gasteiger partial charge in [-0.1, -0.05) is 18.2 Å². The fourth-order valence-corrected chi connectivity index (χ4v) is 3.67. The Hall–Kier alpha value is -2.88. The Morgan fingerprint density at radius 1 is 1.21 bits per heavy atom. The lowest BCUT2D eigenvalue weighted by Crippen LogP contribution is -2.51. The monoisotopic (exact) mass is 426 g/mol. The SMILES string of the molecule is O=C1CC(C(F)(F)F)N(C(=O)COC(=O)CCc2cccs2)c2ccccc2N1. The maximum Gasteiger partial charge on any atom is 0.409 e. The number of carbonyl (C=O) groups is 3. The van der Waals surface area contributed by atoms with Gasteiger partial charge in [0.15, 0.2) is 6.61 Å². The molecule has 3 rings (SSSR count). The lowest BCUT2D eigenvalue weighted by Gasteiger charge is -2.31. The number of nitrogens with one attached hydrogen (secondary N) is 1. The number of thiophene rings is 1. The molecule has 1 aliphatic heterocycles. The summed E-state index contributed by atoms with van der Waals surface area (Å²) in [5.74, 6) is -2.60. The topological polar surface area (TPSA) is 75.7 Å². The zero-order chi connectivity index (χ0) is 21.0. The van der Waals surface area contributed by atoms with E-state index in [2.05, 4.69) is 5.32 Å². The summed E-state index contributed by atoms with van der Waals surface area (Å²) < 4.78 is 45.7. The number of anilines is 2. The van der Waals surface area contributed by atoms with Crippen LogP contribution in [0.5, 0.6) is 0 Å². The third-order valence-electron chi connectivity index (χ3n) is 4.29. The van der Waals surface area contributed by atoms with Crippen molar-refractivity contribution < 1.29 is 32.3 Å². The van der Waals surface area contributed by atoms with Crippen LogP contribution in [-0.2, 0) is 25.5 Å². The molecule has 0 spiro atoms. The molecule has 1 aliphatic rings. The van der Waals surface area contributed by atoms with E-state index in [9.17, 15) is 27.6 Å². The van der Waals surface area contributed by atoms with Crippen molar-refractivity contribution in [2.75, 3.05) is 16.8 Å². The first kappa shape index (κ1) is 20.8. The maximum atomic E-state index is 13.6. The van der Waals surface area contributed by atoms with Crippen LogP contribution < -0.4 is 10.2 Å². The fraction of sp³-hybridized carbons (Fsp3) is 0.316. The fourth-order valence-electron chi connectivity index (χ4n) is 2.96. The zero-order valence-electron chi connectivity index (χ0n) is 15.1. The van der Waals surface area contributed by atoms with Gasteiger partial charge in [0.2, 0.25) is 5.91 Å². The van der Waals surface area contributed by atoms with Crippen LogP contribution in [-0.4, -0.2) is 36.6 Å². The predicted molar refractivity (Wildman–Crippen MR) is 101 cm³/mol. The van der Waals surface area contributed by atoms with E-state index in [-0.39, 0.29) is 17.8 Å². The van der Waals surface area contributed by atoms with Crippen molar-refractivity contribution in [3.8, 4) is 0 Å². The molecule has 1 aromatic carbocycles. The highest BCUT2D eigenvalue weighted by Crippen LogP contribution is 2.37. The Balaban J connectivity index is 1.74. The molecule has 2 aromatic rings. The van der Waals surface area contributed by atoms with Gasteiger partial charge in [-0.2, -0.15) is 13.2 Å². The van der Waals surface area contributed by atoms with Crippen LogP contribution in [0.15, 0.2) is 41.8 Å². The minimum atomic E-state index is -4.84. The van der Waals surface area contributed by atoms with Crippen LogP contribution in [0.3, 0.4) is 0 Å². The molecule has 0 bridgehead atoms. The number of amides is 2. The number of halogens is 3. The van der Waals surface area contributed by atoms with Gasteiger partial charge in [0, 0.05) is 4.88 Å². The van der Waals surface area contributed by atoms with Crippen molar-refractivity contribution in [1.82, 2.24) is 0 Å². The summed E-state index contributed by atoms with van der Waals surface area (Å²) in [7, 11) is 0. The van der Waals surface area contributed by atoms with Crippen molar-refractivity contribution in [1.29, 1.82) is 0 Å². The molecule has 2 heterocycles. The number of ether oxygens (including phenoxy) is 1. The molecule has 2 amide bonds. The molecular formula is C19H17F3N2O4S. The summed E-state index contributed by atoms with van der Waals surface area (Å²) in [6.45, 7) is -0.849. The van der Waals surface area contributed by atoms with E-state index in [0.29, 0.717) is 11.3 Å². The van der Waals surface area contributed by atoms with Crippen LogP contribution >= 0.6 is 11.3 Å². The quantitative estimate of drug-likeness (QED) is 0.743. The van der Waals surface area contributed by atoms with E-state index >= 15 is 0 Å². The molecular weight excluding hydrogens is 409 g/mol. The van der Waals surface area contributed by atoms with Crippen LogP contribution in [0.4, 0.5) is 24.5 Å². The molecule has 0 saturated heterocycles. The minimum absolute atomic E-state index is 0.00706. The van der Waals surface area contributed by atoms with Gasteiger partial charge < -0.3 is 10.1 Å². The first-order valence-electron chi connectivity index (χ1n) is 8.71. The molecule has 29 heavy (non-hydrogen) atoms. The normalized spacial score (nSPS) is 16.6. The zero-order valence-corrected chi connectivity index (χ0v) is 15.9. The van der Waals surface area contributed by atoms with Crippen LogP contribution in [0.25, 0.3) is 0 Å². The van der Waals surface area contributed by atoms with E-state index in [1.807, 2.05) is 17.5 Å². The average Bonchev–Trinajstić information content (AvgIpc) is 3.12. The first-order valence-corrected chi connectivity index (χ1v) is 9.59. The molecule has 10 heteroatoms. The van der Waals surface area contributed by atoms with E-state index < -0.39 is 43.0 Å². The van der Waals surface area contributed by atoms with Gasteiger partial charge in [0.05, 0.1) is 24.2 Å². The Morgan fingerprint density at radius 3 is 2.66 bits per heavy atom. The third-order valence-corrected chi connectivity index (χ3v) is 5.22. The highest BCUT2D eigenvalue weighted by atomic mass is 32.1. The lowest BCUT2D eigenvalue weighted by atomic mass is 10.1. The number of carbonyl (C=O) groups excluding carboxylic acids is 3. The molecule has 1 aromatic heterocycles. The van der Waals surface area contributed by atoms with Gasteiger partial charge in [-0.05, 0) is 30.0 Å². The van der Waals surface area contributed by atoms with Gasteiger partial charge in [0.1, 0.15) is 6.04 Å². The molecule has 1 unspecified atom stereocenters. The number of alkyl halides is 3. The molecule has 1 N–H and O–H groups in total. The summed E-state index contributed by atoms with van der Waals surface area (Å²) in [5, 5.41) is 4.23. The highest BCUT2D eigenvalue weighted by Gasteiger charge is 2.49. The number of rotatable bonds is 5. The summed E-state index contributed by atoms with van der Waals surface area (Å²) in [5.41, 5.74) is -0.0121. The van der Waals surface area contributed by atoms with Crippen molar-refractivity contribution >= 4 is 40.5 Å². The Kier molecular flexibility index (Phi) is 6.21. The van der Waals surface area contributed by atoms with Crippen LogP contribution in [0.1, 0.15) is 17.7 Å². The number of fused-ring (bicyclic) bond motifs is 1. The van der Waals surface area contributed by atoms with Gasteiger partial charge in [-0.25, -0.2) is 0 Å². The standard InChI is InChI=1S/C19H17F3N2O4S/c20-19(21,22)15-10-16(25)23-13-5-1-2-6-14(13)24(15)17(26)11-28-18(27)8-7-12-4-3-9-29-12/h1-6,9,15H,7-8,10-11H2,(H,23,25). The molecule has 0 aliphatic carbocycles. The predicted octanol–water partition coefficient (Wildman–Crippen LogP) is 3.53. The molecule has 0 fully saturated rings. The Labute approximate surface area is 168 Å². The summed E-state index contributed by atoms with van der Waals surface area (Å²) in [6, 6.07) is 7.00. The first-order chi connectivity index (χ1) is 13.8.